The average molecular weight is 555 g/mol. The van der Waals surface area contributed by atoms with E-state index in [1.165, 1.54) is 12.3 Å². The molecule has 1 aromatic heterocycles. The van der Waals surface area contributed by atoms with Crippen molar-refractivity contribution in [2.24, 2.45) is 5.10 Å². The van der Waals surface area contributed by atoms with Gasteiger partial charge in [0.25, 0.3) is 0 Å². The van der Waals surface area contributed by atoms with Crippen molar-refractivity contribution in [2.45, 2.75) is 26.6 Å². The summed E-state index contributed by atoms with van der Waals surface area (Å²) < 4.78 is 50.5. The maximum Gasteiger partial charge on any atom is 0.417 e. The number of rotatable bonds is 8. The van der Waals surface area contributed by atoms with Crippen LogP contribution in [0.1, 0.15) is 29.2 Å². The summed E-state index contributed by atoms with van der Waals surface area (Å²) in [7, 11) is 0. The zero-order valence-electron chi connectivity index (χ0n) is 17.4. The Balaban J connectivity index is 1.71. The second kappa shape index (κ2) is 10.7. The number of hydrogen-bond acceptors (Lipinski definition) is 5. The molecule has 0 fully saturated rings. The summed E-state index contributed by atoms with van der Waals surface area (Å²) in [6, 6.07) is 13.9. The molecule has 168 valence electrons. The minimum Gasteiger partial charge on any atom is -0.490 e. The number of nitrogens with one attached hydrogen (secondary N) is 1. The van der Waals surface area contributed by atoms with E-state index in [9.17, 15) is 13.2 Å². The van der Waals surface area contributed by atoms with Crippen LogP contribution in [0.5, 0.6) is 11.5 Å². The van der Waals surface area contributed by atoms with Crippen LogP contribution in [0, 0.1) is 10.5 Å². The molecule has 0 radical (unpaired) electrons. The van der Waals surface area contributed by atoms with Crippen LogP contribution in [-0.4, -0.2) is 17.8 Å². The summed E-state index contributed by atoms with van der Waals surface area (Å²) >= 11 is 2.17. The minimum atomic E-state index is -4.43. The normalized spacial score (nSPS) is 11.6. The van der Waals surface area contributed by atoms with Gasteiger partial charge in [0, 0.05) is 6.20 Å². The average Bonchev–Trinajstić information content (AvgIpc) is 2.73. The fourth-order valence-corrected chi connectivity index (χ4v) is 3.60. The third-order valence-electron chi connectivity index (χ3n) is 4.28. The maximum atomic E-state index is 12.6. The topological polar surface area (TPSA) is 55.7 Å². The van der Waals surface area contributed by atoms with Crippen LogP contribution in [-0.2, 0) is 12.8 Å². The molecule has 3 aromatic rings. The Morgan fingerprint density at radius 1 is 1.12 bits per heavy atom. The summed E-state index contributed by atoms with van der Waals surface area (Å²) in [5.74, 6) is 1.43. The molecule has 0 amide bonds. The van der Waals surface area contributed by atoms with E-state index in [2.05, 4.69) is 44.2 Å². The predicted octanol–water partition coefficient (Wildman–Crippen LogP) is 6.44. The molecular formula is C23H21F3IN3O2. The molecule has 0 saturated heterocycles. The third-order valence-corrected chi connectivity index (χ3v) is 5.08. The van der Waals surface area contributed by atoms with Crippen LogP contribution in [0.4, 0.5) is 19.0 Å². The van der Waals surface area contributed by atoms with Crippen LogP contribution < -0.4 is 14.9 Å². The second-order valence-electron chi connectivity index (χ2n) is 6.84. The predicted molar refractivity (Wildman–Crippen MR) is 126 cm³/mol. The first-order valence-corrected chi connectivity index (χ1v) is 10.8. The molecule has 0 unspecified atom stereocenters. The molecule has 9 heteroatoms. The summed E-state index contributed by atoms with van der Waals surface area (Å²) in [6.07, 6.45) is -2.13. The van der Waals surface area contributed by atoms with Gasteiger partial charge in [0.2, 0.25) is 0 Å². The molecule has 1 N–H and O–H groups in total. The number of ether oxygens (including phenoxy) is 2. The molecule has 32 heavy (non-hydrogen) atoms. The number of anilines is 1. The van der Waals surface area contributed by atoms with Gasteiger partial charge in [-0.15, -0.1) is 0 Å². The number of nitrogens with zero attached hydrogens (tertiary/aromatic N) is 2. The summed E-state index contributed by atoms with van der Waals surface area (Å²) in [5.41, 5.74) is 4.76. The van der Waals surface area contributed by atoms with Crippen LogP contribution in [0.25, 0.3) is 0 Å². The number of halogens is 4. The Morgan fingerprint density at radius 3 is 2.59 bits per heavy atom. The highest BCUT2D eigenvalue weighted by molar-refractivity contribution is 14.1. The quantitative estimate of drug-likeness (QED) is 0.198. The van der Waals surface area contributed by atoms with E-state index in [0.717, 1.165) is 32.5 Å². The first kappa shape index (κ1) is 23.8. The molecule has 2 aromatic carbocycles. The van der Waals surface area contributed by atoms with Crippen molar-refractivity contribution in [3.63, 3.8) is 0 Å². The lowest BCUT2D eigenvalue weighted by Crippen LogP contribution is -2.05. The van der Waals surface area contributed by atoms with E-state index >= 15 is 0 Å². The molecule has 1 heterocycles. The highest BCUT2D eigenvalue weighted by atomic mass is 127. The van der Waals surface area contributed by atoms with Gasteiger partial charge in [-0.2, -0.15) is 18.3 Å². The first-order chi connectivity index (χ1) is 15.3. The highest BCUT2D eigenvalue weighted by Gasteiger charge is 2.30. The highest BCUT2D eigenvalue weighted by Crippen LogP contribution is 2.34. The van der Waals surface area contributed by atoms with E-state index in [-0.39, 0.29) is 5.82 Å². The van der Waals surface area contributed by atoms with Gasteiger partial charge in [0.05, 0.1) is 22.0 Å². The zero-order chi connectivity index (χ0) is 23.1. The van der Waals surface area contributed by atoms with Crippen LogP contribution >= 0.6 is 22.6 Å². The Morgan fingerprint density at radius 2 is 1.94 bits per heavy atom. The Kier molecular flexibility index (Phi) is 7.94. The number of hydrogen-bond donors (Lipinski definition) is 1. The zero-order valence-corrected chi connectivity index (χ0v) is 19.6. The lowest BCUT2D eigenvalue weighted by Gasteiger charge is -2.15. The molecule has 0 bridgehead atoms. The fourth-order valence-electron chi connectivity index (χ4n) is 2.82. The lowest BCUT2D eigenvalue weighted by atomic mass is 10.1. The van der Waals surface area contributed by atoms with Crippen molar-refractivity contribution in [1.82, 2.24) is 4.98 Å². The number of pyridine rings is 1. The monoisotopic (exact) mass is 555 g/mol. The molecule has 5 nitrogen and oxygen atoms in total. The Bertz CT molecular complexity index is 1090. The van der Waals surface area contributed by atoms with Gasteiger partial charge >= 0.3 is 6.18 Å². The third kappa shape index (κ3) is 6.59. The second-order valence-corrected chi connectivity index (χ2v) is 8.00. The van der Waals surface area contributed by atoms with E-state index in [4.69, 9.17) is 9.47 Å². The Labute approximate surface area is 197 Å². The first-order valence-electron chi connectivity index (χ1n) is 9.73. The number of aryl methyl sites for hydroxylation is 1. The maximum absolute atomic E-state index is 12.6. The van der Waals surface area contributed by atoms with Crippen molar-refractivity contribution in [3.05, 3.63) is 80.6 Å². The summed E-state index contributed by atoms with van der Waals surface area (Å²) in [6.45, 7) is 4.79. The fraction of sp³-hybridized carbons (Fsp3) is 0.217. The van der Waals surface area contributed by atoms with Crippen molar-refractivity contribution in [3.8, 4) is 11.5 Å². The van der Waals surface area contributed by atoms with Gasteiger partial charge in [0.15, 0.2) is 11.5 Å². The summed E-state index contributed by atoms with van der Waals surface area (Å²) in [5, 5.41) is 4.06. The van der Waals surface area contributed by atoms with E-state index in [1.807, 2.05) is 38.1 Å². The van der Waals surface area contributed by atoms with Crippen molar-refractivity contribution in [2.75, 3.05) is 12.0 Å². The smallest absolute Gasteiger partial charge is 0.417 e. The van der Waals surface area contributed by atoms with Gasteiger partial charge in [-0.3, -0.25) is 5.43 Å². The van der Waals surface area contributed by atoms with Crippen molar-refractivity contribution in [1.29, 1.82) is 0 Å². The number of hydrazone groups is 1. The molecule has 0 aliphatic heterocycles. The van der Waals surface area contributed by atoms with Gasteiger partial charge in [-0.05, 0) is 71.8 Å². The molecule has 0 atom stereocenters. The van der Waals surface area contributed by atoms with Crippen molar-refractivity contribution < 1.29 is 22.6 Å². The standard InChI is InChI=1S/C23H21F3IN3O2/c1-3-31-20-11-17(12-29-30-21-8-7-18(13-28-21)23(24,25)26)10-19(27)22(20)32-14-16-6-4-5-15(2)9-16/h4-13H,3,14H2,1-2H3,(H,28,30)/b29-12-. The van der Waals surface area contributed by atoms with Crippen LogP contribution in [0.2, 0.25) is 0 Å². The van der Waals surface area contributed by atoms with Crippen LogP contribution in [0.3, 0.4) is 0 Å². The van der Waals surface area contributed by atoms with Crippen LogP contribution in [0.15, 0.2) is 59.8 Å². The molecular weight excluding hydrogens is 534 g/mol. The SMILES string of the molecule is CCOc1cc(/C=N\Nc2ccc(C(F)(F)F)cn2)cc(I)c1OCc1cccc(C)c1. The number of benzene rings is 2. The van der Waals surface area contributed by atoms with E-state index < -0.39 is 11.7 Å². The van der Waals surface area contributed by atoms with Gasteiger partial charge in [0.1, 0.15) is 12.4 Å². The molecule has 0 spiro atoms. The van der Waals surface area contributed by atoms with Gasteiger partial charge in [-0.1, -0.05) is 29.8 Å². The lowest BCUT2D eigenvalue weighted by molar-refractivity contribution is -0.137. The number of alkyl halides is 3. The van der Waals surface area contributed by atoms with Crippen molar-refractivity contribution >= 4 is 34.6 Å². The van der Waals surface area contributed by atoms with Gasteiger partial charge < -0.3 is 9.47 Å². The summed E-state index contributed by atoms with van der Waals surface area (Å²) in [4.78, 5) is 3.72. The largest absolute Gasteiger partial charge is 0.490 e. The molecule has 0 aliphatic rings. The van der Waals surface area contributed by atoms with E-state index in [1.54, 1.807) is 6.07 Å². The molecule has 0 aliphatic carbocycles. The van der Waals surface area contributed by atoms with Gasteiger partial charge in [-0.25, -0.2) is 4.98 Å². The molecule has 0 saturated carbocycles. The minimum absolute atomic E-state index is 0.201. The molecule has 3 rings (SSSR count). The van der Waals surface area contributed by atoms with E-state index in [0.29, 0.717) is 24.7 Å². The Hall–Kier alpha value is -2.82. The number of aromatic nitrogens is 1.